The van der Waals surface area contributed by atoms with E-state index in [1.54, 1.807) is 11.8 Å². The molecule has 0 bridgehead atoms. The summed E-state index contributed by atoms with van der Waals surface area (Å²) < 4.78 is 34.9. The first-order chi connectivity index (χ1) is 13.3. The molecule has 1 aliphatic heterocycles. The minimum atomic E-state index is -2.70. The first-order valence-electron chi connectivity index (χ1n) is 10.2. The Morgan fingerprint density at radius 1 is 1.36 bits per heavy atom. The molecule has 0 spiro atoms. The van der Waals surface area contributed by atoms with E-state index < -0.39 is 5.92 Å². The third kappa shape index (κ3) is 4.56. The Kier molecular flexibility index (Phi) is 6.74. The summed E-state index contributed by atoms with van der Waals surface area (Å²) in [4.78, 5) is 2.18. The molecule has 0 saturated heterocycles. The van der Waals surface area contributed by atoms with Gasteiger partial charge in [0, 0.05) is 43.4 Å². The Balaban J connectivity index is 1.81. The predicted octanol–water partition coefficient (Wildman–Crippen LogP) is 2.01. The standard InChI is InChI=1S/C20H34F2N4O2/c1-23-8-9-25(2)11-16-18(17-10-20(21,22)12-26(17)24-16)15-4-6-19(13-27,7-5-15)14-28-3/h15,23,27H,4-14H2,1-3H3. The van der Waals surface area contributed by atoms with Crippen LogP contribution in [0.5, 0.6) is 0 Å². The van der Waals surface area contributed by atoms with Crippen molar-refractivity contribution in [1.82, 2.24) is 20.0 Å². The highest BCUT2D eigenvalue weighted by Crippen LogP contribution is 2.46. The van der Waals surface area contributed by atoms with E-state index in [1.807, 2.05) is 14.1 Å². The Morgan fingerprint density at radius 3 is 2.68 bits per heavy atom. The van der Waals surface area contributed by atoms with E-state index >= 15 is 0 Å². The van der Waals surface area contributed by atoms with Gasteiger partial charge in [0.2, 0.25) is 0 Å². The lowest BCUT2D eigenvalue weighted by molar-refractivity contribution is -0.00218. The fourth-order valence-corrected chi connectivity index (χ4v) is 4.80. The Hall–Kier alpha value is -1.09. The predicted molar refractivity (Wildman–Crippen MR) is 104 cm³/mol. The molecule has 1 saturated carbocycles. The van der Waals surface area contributed by atoms with Gasteiger partial charge in [-0.05, 0) is 45.7 Å². The van der Waals surface area contributed by atoms with E-state index in [9.17, 15) is 13.9 Å². The van der Waals surface area contributed by atoms with Crippen molar-refractivity contribution in [2.24, 2.45) is 5.41 Å². The SMILES string of the molecule is CNCCN(C)Cc1nn2c(c1C1CCC(CO)(COC)CC1)CC(F)(F)C2. The molecule has 160 valence electrons. The van der Waals surface area contributed by atoms with Crippen molar-refractivity contribution < 1.29 is 18.6 Å². The van der Waals surface area contributed by atoms with Gasteiger partial charge in [-0.15, -0.1) is 0 Å². The molecular formula is C20H34F2N4O2. The molecule has 1 aromatic heterocycles. The summed E-state index contributed by atoms with van der Waals surface area (Å²) in [6, 6.07) is 0. The quantitative estimate of drug-likeness (QED) is 0.664. The van der Waals surface area contributed by atoms with Gasteiger partial charge < -0.3 is 15.2 Å². The summed E-state index contributed by atoms with van der Waals surface area (Å²) >= 11 is 0. The van der Waals surface area contributed by atoms with Crippen molar-refractivity contribution in [1.29, 1.82) is 0 Å². The van der Waals surface area contributed by atoms with Crippen LogP contribution < -0.4 is 5.32 Å². The van der Waals surface area contributed by atoms with Crippen LogP contribution in [0.1, 0.15) is 48.6 Å². The number of ether oxygens (including phenoxy) is 1. The van der Waals surface area contributed by atoms with Gasteiger partial charge in [-0.25, -0.2) is 8.78 Å². The average molecular weight is 401 g/mol. The highest BCUT2D eigenvalue weighted by molar-refractivity contribution is 5.34. The van der Waals surface area contributed by atoms with Gasteiger partial charge >= 0.3 is 0 Å². The van der Waals surface area contributed by atoms with Crippen molar-refractivity contribution in [3.05, 3.63) is 17.0 Å². The van der Waals surface area contributed by atoms with E-state index in [1.165, 1.54) is 0 Å². The first-order valence-corrected chi connectivity index (χ1v) is 10.2. The zero-order valence-electron chi connectivity index (χ0n) is 17.3. The van der Waals surface area contributed by atoms with Gasteiger partial charge in [0.1, 0.15) is 6.54 Å². The monoisotopic (exact) mass is 400 g/mol. The number of likely N-dealkylation sites (N-methyl/N-ethyl adjacent to an activating group) is 2. The molecule has 1 aliphatic carbocycles. The molecule has 0 amide bonds. The summed E-state index contributed by atoms with van der Waals surface area (Å²) in [5.41, 5.74) is 2.50. The second-order valence-corrected chi connectivity index (χ2v) is 8.70. The molecule has 3 rings (SSSR count). The molecule has 0 unspecified atom stereocenters. The molecule has 0 atom stereocenters. The van der Waals surface area contributed by atoms with Crippen molar-refractivity contribution >= 4 is 0 Å². The van der Waals surface area contributed by atoms with Gasteiger partial charge in [0.15, 0.2) is 0 Å². The zero-order chi connectivity index (χ0) is 20.4. The third-order valence-corrected chi connectivity index (χ3v) is 6.39. The van der Waals surface area contributed by atoms with Crippen LogP contribution >= 0.6 is 0 Å². The number of nitrogens with zero attached hydrogens (tertiary/aromatic N) is 3. The molecule has 6 nitrogen and oxygen atoms in total. The van der Waals surface area contributed by atoms with Crippen LogP contribution in [0.4, 0.5) is 8.78 Å². The summed E-state index contributed by atoms with van der Waals surface area (Å²) in [6.07, 6.45) is 3.23. The van der Waals surface area contributed by atoms with Crippen molar-refractivity contribution in [2.75, 3.05) is 47.5 Å². The lowest BCUT2D eigenvalue weighted by Gasteiger charge is -2.38. The first kappa shape index (κ1) is 21.6. The van der Waals surface area contributed by atoms with E-state index in [4.69, 9.17) is 4.74 Å². The molecule has 2 aliphatic rings. The lowest BCUT2D eigenvalue weighted by Crippen LogP contribution is -2.35. The Morgan fingerprint density at radius 2 is 2.07 bits per heavy atom. The fourth-order valence-electron chi connectivity index (χ4n) is 4.80. The van der Waals surface area contributed by atoms with Crippen LogP contribution in [0.3, 0.4) is 0 Å². The number of fused-ring (bicyclic) bond motifs is 1. The van der Waals surface area contributed by atoms with Crippen molar-refractivity contribution in [3.63, 3.8) is 0 Å². The number of aromatic nitrogens is 2. The number of aliphatic hydroxyl groups is 1. The number of rotatable bonds is 9. The van der Waals surface area contributed by atoms with Crippen molar-refractivity contribution in [3.8, 4) is 0 Å². The van der Waals surface area contributed by atoms with Gasteiger partial charge in [-0.2, -0.15) is 5.10 Å². The number of hydrogen-bond acceptors (Lipinski definition) is 5. The van der Waals surface area contributed by atoms with Crippen LogP contribution in [-0.4, -0.2) is 73.2 Å². The second kappa shape index (κ2) is 8.73. The van der Waals surface area contributed by atoms with E-state index in [0.29, 0.717) is 13.2 Å². The van der Waals surface area contributed by atoms with Crippen LogP contribution in [0, 0.1) is 5.41 Å². The van der Waals surface area contributed by atoms with Gasteiger partial charge in [0.25, 0.3) is 5.92 Å². The second-order valence-electron chi connectivity index (χ2n) is 8.70. The molecule has 1 aromatic rings. The lowest BCUT2D eigenvalue weighted by atomic mass is 9.69. The maximum Gasteiger partial charge on any atom is 0.272 e. The fraction of sp³-hybridized carbons (Fsp3) is 0.850. The number of methoxy groups -OCH3 is 1. The molecule has 2 N–H and O–H groups in total. The van der Waals surface area contributed by atoms with Crippen LogP contribution in [0.15, 0.2) is 0 Å². The highest BCUT2D eigenvalue weighted by Gasteiger charge is 2.44. The highest BCUT2D eigenvalue weighted by atomic mass is 19.3. The smallest absolute Gasteiger partial charge is 0.272 e. The average Bonchev–Trinajstić information content (AvgIpc) is 3.11. The van der Waals surface area contributed by atoms with Crippen molar-refractivity contribution in [2.45, 2.75) is 57.0 Å². The Labute approximate surface area is 166 Å². The Bertz CT molecular complexity index is 657. The topological polar surface area (TPSA) is 62.6 Å². The summed E-state index contributed by atoms with van der Waals surface area (Å²) in [5.74, 6) is -2.48. The summed E-state index contributed by atoms with van der Waals surface area (Å²) in [7, 11) is 5.62. The maximum absolute atomic E-state index is 14.0. The number of halogens is 2. The molecular weight excluding hydrogens is 366 g/mol. The van der Waals surface area contributed by atoms with Crippen LogP contribution in [0.2, 0.25) is 0 Å². The number of alkyl halides is 2. The van der Waals surface area contributed by atoms with Crippen LogP contribution in [-0.2, 0) is 24.2 Å². The summed E-state index contributed by atoms with van der Waals surface area (Å²) in [5, 5.41) is 17.6. The van der Waals surface area contributed by atoms with E-state index in [-0.39, 0.29) is 30.9 Å². The minimum absolute atomic E-state index is 0.108. The van der Waals surface area contributed by atoms with Gasteiger partial charge in [0.05, 0.1) is 25.3 Å². The van der Waals surface area contributed by atoms with Crippen LogP contribution in [0.25, 0.3) is 0 Å². The number of nitrogens with one attached hydrogen (secondary N) is 1. The molecule has 8 heteroatoms. The largest absolute Gasteiger partial charge is 0.396 e. The molecule has 0 aromatic carbocycles. The van der Waals surface area contributed by atoms with E-state index in [0.717, 1.165) is 55.7 Å². The normalized spacial score (nSPS) is 26.8. The third-order valence-electron chi connectivity index (χ3n) is 6.39. The maximum atomic E-state index is 14.0. The molecule has 2 heterocycles. The number of hydrogen-bond donors (Lipinski definition) is 2. The van der Waals surface area contributed by atoms with E-state index in [2.05, 4.69) is 15.3 Å². The minimum Gasteiger partial charge on any atom is -0.396 e. The zero-order valence-corrected chi connectivity index (χ0v) is 17.3. The van der Waals surface area contributed by atoms with Gasteiger partial charge in [-0.3, -0.25) is 9.58 Å². The summed E-state index contributed by atoms with van der Waals surface area (Å²) in [6.45, 7) is 2.75. The number of aliphatic hydroxyl groups excluding tert-OH is 1. The molecule has 28 heavy (non-hydrogen) atoms. The van der Waals surface area contributed by atoms with Gasteiger partial charge in [-0.1, -0.05) is 0 Å². The molecule has 1 fully saturated rings. The molecule has 0 radical (unpaired) electrons.